The Morgan fingerprint density at radius 2 is 2.08 bits per heavy atom. The van der Waals surface area contributed by atoms with Gasteiger partial charge in [0.1, 0.15) is 11.4 Å². The molecule has 7 nitrogen and oxygen atoms in total. The SMILES string of the molecule is CC(C)(C)OC(=O)N1CCN(C(=O)Nc2cccc(F)c2)C(CO)C1. The molecule has 1 aromatic rings. The van der Waals surface area contributed by atoms with Crippen LogP contribution in [0, 0.1) is 5.82 Å². The molecule has 0 radical (unpaired) electrons. The van der Waals surface area contributed by atoms with E-state index in [0.29, 0.717) is 12.2 Å². The molecule has 1 aliphatic rings. The van der Waals surface area contributed by atoms with Crippen LogP contribution in [0.4, 0.5) is 19.7 Å². The van der Waals surface area contributed by atoms with Crippen molar-refractivity contribution in [3.05, 3.63) is 30.1 Å². The summed E-state index contributed by atoms with van der Waals surface area (Å²) in [4.78, 5) is 27.4. The summed E-state index contributed by atoms with van der Waals surface area (Å²) in [6, 6.07) is 4.55. The van der Waals surface area contributed by atoms with Crippen LogP contribution in [0.1, 0.15) is 20.8 Å². The van der Waals surface area contributed by atoms with Gasteiger partial charge in [-0.15, -0.1) is 0 Å². The number of rotatable bonds is 2. The van der Waals surface area contributed by atoms with Gasteiger partial charge in [0, 0.05) is 25.3 Å². The summed E-state index contributed by atoms with van der Waals surface area (Å²) in [6.07, 6.45) is -0.476. The Balaban J connectivity index is 1.99. The van der Waals surface area contributed by atoms with Crippen molar-refractivity contribution in [1.82, 2.24) is 9.80 Å². The first-order chi connectivity index (χ1) is 11.7. The Hall–Kier alpha value is -2.35. The zero-order valence-corrected chi connectivity index (χ0v) is 14.7. The number of urea groups is 1. The fraction of sp³-hybridized carbons (Fsp3) is 0.529. The minimum atomic E-state index is -0.613. The smallest absolute Gasteiger partial charge is 0.410 e. The third kappa shape index (κ3) is 5.32. The predicted octanol–water partition coefficient (Wildman–Crippen LogP) is 2.27. The van der Waals surface area contributed by atoms with Gasteiger partial charge in [0.25, 0.3) is 0 Å². The summed E-state index contributed by atoms with van der Waals surface area (Å²) in [5, 5.41) is 12.2. The second-order valence-electron chi connectivity index (χ2n) is 6.90. The van der Waals surface area contributed by atoms with Crippen LogP contribution >= 0.6 is 0 Å². The number of benzene rings is 1. The first-order valence-electron chi connectivity index (χ1n) is 8.11. The molecule has 1 heterocycles. The molecule has 1 aliphatic heterocycles. The van der Waals surface area contributed by atoms with Gasteiger partial charge >= 0.3 is 12.1 Å². The van der Waals surface area contributed by atoms with Crippen molar-refractivity contribution in [2.24, 2.45) is 0 Å². The topological polar surface area (TPSA) is 82.1 Å². The molecule has 2 rings (SSSR count). The van der Waals surface area contributed by atoms with E-state index in [-0.39, 0.29) is 19.7 Å². The third-order valence-electron chi connectivity index (χ3n) is 3.68. The summed E-state index contributed by atoms with van der Waals surface area (Å²) < 4.78 is 18.5. The summed E-state index contributed by atoms with van der Waals surface area (Å²) in [6.45, 7) is 5.73. The summed E-state index contributed by atoms with van der Waals surface area (Å²) >= 11 is 0. The van der Waals surface area contributed by atoms with Gasteiger partial charge in [0.05, 0.1) is 12.6 Å². The highest BCUT2D eigenvalue weighted by atomic mass is 19.1. The lowest BCUT2D eigenvalue weighted by atomic mass is 10.2. The van der Waals surface area contributed by atoms with E-state index in [9.17, 15) is 19.1 Å². The van der Waals surface area contributed by atoms with Crippen LogP contribution in [0.25, 0.3) is 0 Å². The number of hydrogen-bond acceptors (Lipinski definition) is 4. The monoisotopic (exact) mass is 353 g/mol. The van der Waals surface area contributed by atoms with E-state index in [4.69, 9.17) is 4.74 Å². The molecule has 2 N–H and O–H groups in total. The van der Waals surface area contributed by atoms with Gasteiger partial charge < -0.3 is 25.0 Å². The Bertz CT molecular complexity index is 633. The fourth-order valence-electron chi connectivity index (χ4n) is 2.53. The van der Waals surface area contributed by atoms with Gasteiger partial charge in [-0.1, -0.05) is 6.07 Å². The number of ether oxygens (including phenoxy) is 1. The first-order valence-corrected chi connectivity index (χ1v) is 8.11. The quantitative estimate of drug-likeness (QED) is 0.855. The van der Waals surface area contributed by atoms with Gasteiger partial charge in [-0.25, -0.2) is 14.0 Å². The fourth-order valence-corrected chi connectivity index (χ4v) is 2.53. The number of aliphatic hydroxyl groups is 1. The maximum Gasteiger partial charge on any atom is 0.410 e. The number of carbonyl (C=O) groups excluding carboxylic acids is 2. The Morgan fingerprint density at radius 1 is 1.36 bits per heavy atom. The van der Waals surface area contributed by atoms with Gasteiger partial charge in [0.15, 0.2) is 0 Å². The van der Waals surface area contributed by atoms with Crippen molar-refractivity contribution < 1.29 is 23.8 Å². The van der Waals surface area contributed by atoms with Crippen molar-refractivity contribution >= 4 is 17.8 Å². The molecule has 8 heteroatoms. The maximum atomic E-state index is 13.2. The van der Waals surface area contributed by atoms with E-state index in [2.05, 4.69) is 5.32 Å². The molecule has 0 aliphatic carbocycles. The van der Waals surface area contributed by atoms with Crippen molar-refractivity contribution in [2.45, 2.75) is 32.4 Å². The van der Waals surface area contributed by atoms with E-state index < -0.39 is 29.6 Å². The highest BCUT2D eigenvalue weighted by Crippen LogP contribution is 2.17. The molecule has 25 heavy (non-hydrogen) atoms. The third-order valence-corrected chi connectivity index (χ3v) is 3.68. The maximum absolute atomic E-state index is 13.2. The molecule has 0 bridgehead atoms. The zero-order chi connectivity index (χ0) is 18.6. The van der Waals surface area contributed by atoms with Crippen molar-refractivity contribution in [2.75, 3.05) is 31.6 Å². The van der Waals surface area contributed by atoms with Crippen LogP contribution in [0.5, 0.6) is 0 Å². The first kappa shape index (κ1) is 19.0. The summed E-state index contributed by atoms with van der Waals surface area (Å²) in [7, 11) is 0. The number of aliphatic hydroxyl groups excluding tert-OH is 1. The highest BCUT2D eigenvalue weighted by Gasteiger charge is 2.34. The molecule has 3 amide bonds. The van der Waals surface area contributed by atoms with E-state index in [0.717, 1.165) is 0 Å². The number of nitrogens with one attached hydrogen (secondary N) is 1. The van der Waals surface area contributed by atoms with E-state index in [1.165, 1.54) is 28.0 Å². The number of anilines is 1. The molecule has 1 saturated heterocycles. The zero-order valence-electron chi connectivity index (χ0n) is 14.7. The van der Waals surface area contributed by atoms with Gasteiger partial charge in [-0.05, 0) is 39.0 Å². The number of piperazine rings is 1. The minimum Gasteiger partial charge on any atom is -0.444 e. The summed E-state index contributed by atoms with van der Waals surface area (Å²) in [5.74, 6) is -0.453. The average molecular weight is 353 g/mol. The van der Waals surface area contributed by atoms with Gasteiger partial charge in [0.2, 0.25) is 0 Å². The van der Waals surface area contributed by atoms with Gasteiger partial charge in [-0.2, -0.15) is 0 Å². The standard InChI is InChI=1S/C17H24FN3O4/c1-17(2,3)25-16(24)20-7-8-21(14(10-20)11-22)15(23)19-13-6-4-5-12(18)9-13/h4-6,9,14,22H,7-8,10-11H2,1-3H3,(H,19,23). The number of carbonyl (C=O) groups is 2. The van der Waals surface area contributed by atoms with Crippen molar-refractivity contribution in [3.8, 4) is 0 Å². The van der Waals surface area contributed by atoms with Crippen LogP contribution in [0.3, 0.4) is 0 Å². The van der Waals surface area contributed by atoms with E-state index in [1.807, 2.05) is 0 Å². The molecule has 1 fully saturated rings. The summed E-state index contributed by atoms with van der Waals surface area (Å²) in [5.41, 5.74) is -0.284. The molecule has 1 atom stereocenters. The lowest BCUT2D eigenvalue weighted by Crippen LogP contribution is -2.59. The lowest BCUT2D eigenvalue weighted by Gasteiger charge is -2.40. The van der Waals surface area contributed by atoms with E-state index in [1.54, 1.807) is 26.8 Å². The molecular weight excluding hydrogens is 329 g/mol. The minimum absolute atomic E-state index is 0.169. The molecule has 1 unspecified atom stereocenters. The largest absolute Gasteiger partial charge is 0.444 e. The van der Waals surface area contributed by atoms with E-state index >= 15 is 0 Å². The number of nitrogens with zero attached hydrogens (tertiary/aromatic N) is 2. The number of hydrogen-bond donors (Lipinski definition) is 2. The molecule has 0 spiro atoms. The van der Waals surface area contributed by atoms with Crippen LogP contribution in [0.2, 0.25) is 0 Å². The average Bonchev–Trinajstić information content (AvgIpc) is 2.52. The molecule has 0 aromatic heterocycles. The molecule has 138 valence electrons. The highest BCUT2D eigenvalue weighted by molar-refractivity contribution is 5.89. The number of halogens is 1. The number of amides is 3. The van der Waals surface area contributed by atoms with Crippen LogP contribution in [-0.2, 0) is 4.74 Å². The normalized spacial score (nSPS) is 18.0. The second kappa shape index (κ2) is 7.69. The predicted molar refractivity (Wildman–Crippen MR) is 90.8 cm³/mol. The van der Waals surface area contributed by atoms with Crippen molar-refractivity contribution in [3.63, 3.8) is 0 Å². The lowest BCUT2D eigenvalue weighted by molar-refractivity contribution is 0.00415. The van der Waals surface area contributed by atoms with Crippen LogP contribution < -0.4 is 5.32 Å². The Kier molecular flexibility index (Phi) is 5.84. The second-order valence-corrected chi connectivity index (χ2v) is 6.90. The molecule has 0 saturated carbocycles. The van der Waals surface area contributed by atoms with Crippen LogP contribution in [0.15, 0.2) is 24.3 Å². The Morgan fingerprint density at radius 3 is 2.68 bits per heavy atom. The van der Waals surface area contributed by atoms with Crippen LogP contribution in [-0.4, -0.2) is 64.9 Å². The molecular formula is C17H24FN3O4. The Labute approximate surface area is 146 Å². The van der Waals surface area contributed by atoms with Gasteiger partial charge in [-0.3, -0.25) is 0 Å². The molecule has 1 aromatic carbocycles. The van der Waals surface area contributed by atoms with Crippen molar-refractivity contribution in [1.29, 1.82) is 0 Å².